The molecule has 2 aromatic heterocycles. The van der Waals surface area contributed by atoms with Gasteiger partial charge >= 0.3 is 5.69 Å². The van der Waals surface area contributed by atoms with Crippen LogP contribution in [0.25, 0.3) is 27.8 Å². The van der Waals surface area contributed by atoms with E-state index in [1.165, 1.54) is 18.5 Å². The maximum atomic E-state index is 13.1. The number of aryl methyl sites for hydroxylation is 2. The number of amides is 1. The molecule has 7 heteroatoms. The third-order valence-electron chi connectivity index (χ3n) is 5.30. The molecule has 0 aliphatic heterocycles. The standard InChI is InChI=1S/C23H22N4O3/c1-14-7-5-6-8-18(14)21-20-19(25(3)23(30)26(4)22(20)29)13-27(21)17-11-9-16(10-12-17)24-15(2)28/h5-13H,1-4H3,(H,24,28). The Hall–Kier alpha value is -3.87. The van der Waals surface area contributed by atoms with Crippen LogP contribution in [0.3, 0.4) is 0 Å². The van der Waals surface area contributed by atoms with Gasteiger partial charge in [-0.15, -0.1) is 0 Å². The van der Waals surface area contributed by atoms with E-state index in [1.807, 2.05) is 54.1 Å². The van der Waals surface area contributed by atoms with Gasteiger partial charge < -0.3 is 9.88 Å². The lowest BCUT2D eigenvalue weighted by molar-refractivity contribution is -0.114. The first-order valence-electron chi connectivity index (χ1n) is 9.54. The molecule has 2 aromatic carbocycles. The van der Waals surface area contributed by atoms with Gasteiger partial charge in [0, 0.05) is 44.2 Å². The first kappa shape index (κ1) is 19.4. The van der Waals surface area contributed by atoms with Gasteiger partial charge in [0.25, 0.3) is 5.56 Å². The Morgan fingerprint density at radius 3 is 2.23 bits per heavy atom. The molecule has 2 heterocycles. The Morgan fingerprint density at radius 1 is 0.933 bits per heavy atom. The lowest BCUT2D eigenvalue weighted by Crippen LogP contribution is -2.36. The molecule has 4 rings (SSSR count). The Morgan fingerprint density at radius 2 is 1.60 bits per heavy atom. The van der Waals surface area contributed by atoms with E-state index in [-0.39, 0.29) is 17.2 Å². The molecular weight excluding hydrogens is 380 g/mol. The predicted octanol–water partition coefficient (Wildman–Crippen LogP) is 2.96. The number of hydrogen-bond donors (Lipinski definition) is 1. The van der Waals surface area contributed by atoms with Crippen molar-refractivity contribution in [2.75, 3.05) is 5.32 Å². The van der Waals surface area contributed by atoms with Gasteiger partial charge in [-0.3, -0.25) is 18.7 Å². The van der Waals surface area contributed by atoms with Crippen molar-refractivity contribution in [3.05, 3.63) is 81.1 Å². The molecule has 30 heavy (non-hydrogen) atoms. The van der Waals surface area contributed by atoms with E-state index in [0.29, 0.717) is 16.6 Å². The predicted molar refractivity (Wildman–Crippen MR) is 118 cm³/mol. The molecule has 152 valence electrons. The lowest BCUT2D eigenvalue weighted by Gasteiger charge is -2.13. The van der Waals surface area contributed by atoms with Gasteiger partial charge in [0.1, 0.15) is 0 Å². The minimum Gasteiger partial charge on any atom is -0.326 e. The fourth-order valence-electron chi connectivity index (χ4n) is 3.76. The van der Waals surface area contributed by atoms with E-state index in [4.69, 9.17) is 0 Å². The van der Waals surface area contributed by atoms with Gasteiger partial charge in [-0.25, -0.2) is 4.79 Å². The van der Waals surface area contributed by atoms with E-state index in [9.17, 15) is 14.4 Å². The number of nitrogens with one attached hydrogen (secondary N) is 1. The average Bonchev–Trinajstić information content (AvgIpc) is 3.11. The van der Waals surface area contributed by atoms with Gasteiger partial charge in [-0.05, 0) is 36.8 Å². The molecule has 0 radical (unpaired) electrons. The number of aromatic nitrogens is 3. The third-order valence-corrected chi connectivity index (χ3v) is 5.30. The third kappa shape index (κ3) is 3.04. The number of anilines is 1. The first-order chi connectivity index (χ1) is 14.3. The molecule has 0 atom stereocenters. The van der Waals surface area contributed by atoms with Crippen LogP contribution in [0.5, 0.6) is 0 Å². The largest absolute Gasteiger partial charge is 0.330 e. The van der Waals surface area contributed by atoms with Crippen LogP contribution in [-0.4, -0.2) is 19.6 Å². The molecule has 0 unspecified atom stereocenters. The van der Waals surface area contributed by atoms with Crippen molar-refractivity contribution in [2.45, 2.75) is 13.8 Å². The second-order valence-corrected chi connectivity index (χ2v) is 7.36. The normalized spacial score (nSPS) is 11.1. The van der Waals surface area contributed by atoms with Crippen LogP contribution < -0.4 is 16.6 Å². The number of rotatable bonds is 3. The van der Waals surface area contributed by atoms with Crippen molar-refractivity contribution < 1.29 is 4.79 Å². The highest BCUT2D eigenvalue weighted by atomic mass is 16.2. The Labute approximate surface area is 172 Å². The highest BCUT2D eigenvalue weighted by Gasteiger charge is 2.21. The minimum absolute atomic E-state index is 0.145. The molecular formula is C23H22N4O3. The molecule has 7 nitrogen and oxygen atoms in total. The van der Waals surface area contributed by atoms with Gasteiger partial charge in [0.05, 0.1) is 16.6 Å². The van der Waals surface area contributed by atoms with Crippen molar-refractivity contribution in [3.63, 3.8) is 0 Å². The summed E-state index contributed by atoms with van der Waals surface area (Å²) in [6.45, 7) is 3.45. The minimum atomic E-state index is -0.373. The number of fused-ring (bicyclic) bond motifs is 1. The highest BCUT2D eigenvalue weighted by Crippen LogP contribution is 2.33. The van der Waals surface area contributed by atoms with Gasteiger partial charge in [-0.2, -0.15) is 0 Å². The van der Waals surface area contributed by atoms with Crippen molar-refractivity contribution in [1.29, 1.82) is 0 Å². The van der Waals surface area contributed by atoms with Crippen molar-refractivity contribution in [2.24, 2.45) is 14.1 Å². The van der Waals surface area contributed by atoms with E-state index in [0.717, 1.165) is 27.1 Å². The average molecular weight is 402 g/mol. The second kappa shape index (κ2) is 7.18. The zero-order chi connectivity index (χ0) is 21.6. The maximum Gasteiger partial charge on any atom is 0.330 e. The summed E-state index contributed by atoms with van der Waals surface area (Å²) in [5.74, 6) is -0.145. The van der Waals surface area contributed by atoms with Crippen LogP contribution in [-0.2, 0) is 18.9 Å². The zero-order valence-corrected chi connectivity index (χ0v) is 17.3. The van der Waals surface area contributed by atoms with E-state index >= 15 is 0 Å². The van der Waals surface area contributed by atoms with Crippen LogP contribution in [0.4, 0.5) is 5.69 Å². The van der Waals surface area contributed by atoms with E-state index < -0.39 is 0 Å². The SMILES string of the molecule is CC(=O)Nc1ccc(-n2cc3c(c2-c2ccccc2C)c(=O)n(C)c(=O)n3C)cc1. The zero-order valence-electron chi connectivity index (χ0n) is 17.3. The summed E-state index contributed by atoms with van der Waals surface area (Å²) in [6.07, 6.45) is 1.81. The van der Waals surface area contributed by atoms with E-state index in [2.05, 4.69) is 5.32 Å². The summed E-state index contributed by atoms with van der Waals surface area (Å²) in [6, 6.07) is 15.2. The fourth-order valence-corrected chi connectivity index (χ4v) is 3.76. The Bertz CT molecular complexity index is 1410. The molecule has 0 saturated heterocycles. The fraction of sp³-hybridized carbons (Fsp3) is 0.174. The smallest absolute Gasteiger partial charge is 0.326 e. The number of nitrogens with zero attached hydrogens (tertiary/aromatic N) is 3. The van der Waals surface area contributed by atoms with Crippen molar-refractivity contribution in [3.8, 4) is 16.9 Å². The van der Waals surface area contributed by atoms with Crippen LogP contribution >= 0.6 is 0 Å². The van der Waals surface area contributed by atoms with E-state index in [1.54, 1.807) is 19.2 Å². The number of carbonyl (C=O) groups is 1. The Balaban J connectivity index is 2.08. The van der Waals surface area contributed by atoms with Crippen molar-refractivity contribution in [1.82, 2.24) is 13.7 Å². The molecule has 4 aromatic rings. The monoisotopic (exact) mass is 402 g/mol. The molecule has 0 spiro atoms. The van der Waals surface area contributed by atoms with Crippen LogP contribution in [0.2, 0.25) is 0 Å². The lowest BCUT2D eigenvalue weighted by atomic mass is 10.0. The highest BCUT2D eigenvalue weighted by molar-refractivity contribution is 5.95. The summed E-state index contributed by atoms with van der Waals surface area (Å²) in [4.78, 5) is 36.9. The quantitative estimate of drug-likeness (QED) is 0.572. The molecule has 0 aliphatic rings. The van der Waals surface area contributed by atoms with Crippen LogP contribution in [0, 0.1) is 6.92 Å². The second-order valence-electron chi connectivity index (χ2n) is 7.36. The number of carbonyl (C=O) groups excluding carboxylic acids is 1. The maximum absolute atomic E-state index is 13.1. The topological polar surface area (TPSA) is 78.0 Å². The summed E-state index contributed by atoms with van der Waals surface area (Å²) in [7, 11) is 3.15. The number of benzene rings is 2. The van der Waals surface area contributed by atoms with Gasteiger partial charge in [0.2, 0.25) is 5.91 Å². The number of hydrogen-bond acceptors (Lipinski definition) is 3. The molecule has 0 aliphatic carbocycles. The summed E-state index contributed by atoms with van der Waals surface area (Å²) < 4.78 is 4.54. The first-order valence-corrected chi connectivity index (χ1v) is 9.54. The summed E-state index contributed by atoms with van der Waals surface area (Å²) in [5, 5.41) is 3.24. The molecule has 0 bridgehead atoms. The van der Waals surface area contributed by atoms with Crippen molar-refractivity contribution >= 4 is 22.5 Å². The summed E-state index contributed by atoms with van der Waals surface area (Å²) >= 11 is 0. The van der Waals surface area contributed by atoms with Gasteiger partial charge in [0.15, 0.2) is 0 Å². The molecule has 0 fully saturated rings. The Kier molecular flexibility index (Phi) is 4.66. The van der Waals surface area contributed by atoms with Crippen LogP contribution in [0.15, 0.2) is 64.3 Å². The van der Waals surface area contributed by atoms with Crippen LogP contribution in [0.1, 0.15) is 12.5 Å². The summed E-state index contributed by atoms with van der Waals surface area (Å²) in [5.41, 5.74) is 4.01. The molecule has 0 saturated carbocycles. The van der Waals surface area contributed by atoms with Gasteiger partial charge in [-0.1, -0.05) is 24.3 Å². The molecule has 1 amide bonds. The molecule has 1 N–H and O–H groups in total.